The van der Waals surface area contributed by atoms with Gasteiger partial charge in [0.25, 0.3) is 0 Å². The van der Waals surface area contributed by atoms with Crippen LogP contribution in [0, 0.1) is 12.8 Å². The predicted molar refractivity (Wildman–Crippen MR) is 102 cm³/mol. The van der Waals surface area contributed by atoms with Crippen molar-refractivity contribution in [2.75, 3.05) is 25.0 Å². The van der Waals surface area contributed by atoms with Crippen LogP contribution >= 0.6 is 23.6 Å². The number of carbonyl (C=O) groups excluding carboxylic acids is 1. The number of nitrogens with zero attached hydrogens (tertiary/aromatic N) is 2. The Labute approximate surface area is 151 Å². The van der Waals surface area contributed by atoms with Crippen molar-refractivity contribution in [3.63, 3.8) is 0 Å². The van der Waals surface area contributed by atoms with E-state index in [-0.39, 0.29) is 11.9 Å². The molecule has 2 heterocycles. The molecule has 1 aliphatic rings. The fourth-order valence-corrected chi connectivity index (χ4v) is 4.07. The number of rotatable bonds is 3. The number of anilines is 1. The summed E-state index contributed by atoms with van der Waals surface area (Å²) in [5.74, 6) is -0.0810. The quantitative estimate of drug-likeness (QED) is 0.664. The fraction of sp³-hybridized carbons (Fsp3) is 0.471. The highest BCUT2D eigenvalue weighted by Gasteiger charge is 2.27. The van der Waals surface area contributed by atoms with Crippen molar-refractivity contribution in [3.05, 3.63) is 23.2 Å². The average Bonchev–Trinajstić information content (AvgIpc) is 2.94. The molecule has 2 aromatic rings. The zero-order chi connectivity index (χ0) is 17.1. The lowest BCUT2D eigenvalue weighted by Gasteiger charge is -2.32. The molecule has 1 saturated heterocycles. The topological polar surface area (TPSA) is 54.5 Å². The van der Waals surface area contributed by atoms with Crippen LogP contribution in [0.1, 0.15) is 24.8 Å². The molecule has 0 radical (unpaired) electrons. The van der Waals surface area contributed by atoms with Crippen LogP contribution in [0.3, 0.4) is 0 Å². The highest BCUT2D eigenvalue weighted by molar-refractivity contribution is 7.80. The van der Waals surface area contributed by atoms with E-state index in [0.717, 1.165) is 46.8 Å². The molecule has 0 unspecified atom stereocenters. The van der Waals surface area contributed by atoms with Crippen LogP contribution in [0.4, 0.5) is 5.69 Å². The molecule has 0 amide bonds. The minimum Gasteiger partial charge on any atom is -0.466 e. The number of benzene rings is 1. The van der Waals surface area contributed by atoms with Gasteiger partial charge in [-0.3, -0.25) is 4.79 Å². The highest BCUT2D eigenvalue weighted by atomic mass is 32.1. The molecule has 0 atom stereocenters. The van der Waals surface area contributed by atoms with E-state index >= 15 is 0 Å². The van der Waals surface area contributed by atoms with Crippen molar-refractivity contribution < 1.29 is 9.53 Å². The number of aryl methyl sites for hydroxylation is 1. The number of fused-ring (bicyclic) bond motifs is 1. The lowest BCUT2D eigenvalue weighted by Crippen LogP contribution is -2.42. The van der Waals surface area contributed by atoms with Crippen LogP contribution in [-0.2, 0) is 9.53 Å². The summed E-state index contributed by atoms with van der Waals surface area (Å²) in [5.41, 5.74) is 1.99. The Kier molecular flexibility index (Phi) is 5.30. The monoisotopic (exact) mass is 363 g/mol. The van der Waals surface area contributed by atoms with Crippen LogP contribution < -0.4 is 5.32 Å². The van der Waals surface area contributed by atoms with E-state index in [4.69, 9.17) is 17.0 Å². The Morgan fingerprint density at radius 2 is 2.21 bits per heavy atom. The van der Waals surface area contributed by atoms with E-state index in [1.54, 1.807) is 11.3 Å². The lowest BCUT2D eigenvalue weighted by molar-refractivity contribution is -0.149. The minimum atomic E-state index is -0.0814. The highest BCUT2D eigenvalue weighted by Crippen LogP contribution is 2.25. The molecule has 1 aromatic heterocycles. The molecule has 7 heteroatoms. The maximum Gasteiger partial charge on any atom is 0.309 e. The molecule has 1 aromatic carbocycles. The number of thiocarbonyl (C=S) groups is 1. The third-order valence-electron chi connectivity index (χ3n) is 4.15. The van der Waals surface area contributed by atoms with Gasteiger partial charge >= 0.3 is 5.97 Å². The van der Waals surface area contributed by atoms with E-state index < -0.39 is 0 Å². The largest absolute Gasteiger partial charge is 0.466 e. The first-order chi connectivity index (χ1) is 11.6. The smallest absolute Gasteiger partial charge is 0.309 e. The Balaban J connectivity index is 1.58. The summed E-state index contributed by atoms with van der Waals surface area (Å²) in [7, 11) is 0. The molecule has 1 fully saturated rings. The average molecular weight is 364 g/mol. The van der Waals surface area contributed by atoms with Gasteiger partial charge in [0, 0.05) is 18.8 Å². The molecular weight excluding hydrogens is 342 g/mol. The van der Waals surface area contributed by atoms with Crippen LogP contribution in [-0.4, -0.2) is 40.7 Å². The number of thiazole rings is 1. The number of aromatic nitrogens is 1. The van der Waals surface area contributed by atoms with E-state index in [1.165, 1.54) is 0 Å². The van der Waals surface area contributed by atoms with Crippen molar-refractivity contribution >= 4 is 50.5 Å². The Hall–Kier alpha value is -1.73. The van der Waals surface area contributed by atoms with Gasteiger partial charge < -0.3 is 15.0 Å². The van der Waals surface area contributed by atoms with Gasteiger partial charge in [-0.2, -0.15) is 0 Å². The second-order valence-electron chi connectivity index (χ2n) is 5.86. The Bertz CT molecular complexity index is 751. The molecule has 5 nitrogen and oxygen atoms in total. The summed E-state index contributed by atoms with van der Waals surface area (Å²) in [6.45, 7) is 5.84. The zero-order valence-electron chi connectivity index (χ0n) is 13.9. The van der Waals surface area contributed by atoms with Gasteiger partial charge in [0.2, 0.25) is 0 Å². The molecule has 24 heavy (non-hydrogen) atoms. The van der Waals surface area contributed by atoms with Crippen molar-refractivity contribution in [3.8, 4) is 0 Å². The SMILES string of the molecule is CCOC(=O)C1CCN(C(=S)Nc2ccc3nc(C)sc3c2)CC1. The van der Waals surface area contributed by atoms with Gasteiger partial charge in [0.1, 0.15) is 0 Å². The fourth-order valence-electron chi connectivity index (χ4n) is 2.90. The predicted octanol–water partition coefficient (Wildman–Crippen LogP) is 3.58. The third-order valence-corrected chi connectivity index (χ3v) is 5.44. The summed E-state index contributed by atoms with van der Waals surface area (Å²) >= 11 is 7.20. The normalized spacial score (nSPS) is 15.5. The van der Waals surface area contributed by atoms with Crippen LogP contribution in [0.5, 0.6) is 0 Å². The molecule has 0 spiro atoms. The summed E-state index contributed by atoms with van der Waals surface area (Å²) in [6.07, 6.45) is 1.57. The number of likely N-dealkylation sites (tertiary alicyclic amines) is 1. The van der Waals surface area contributed by atoms with Crippen LogP contribution in [0.15, 0.2) is 18.2 Å². The second kappa shape index (κ2) is 7.44. The number of ether oxygens (including phenoxy) is 1. The number of carbonyl (C=O) groups is 1. The number of hydrogen-bond donors (Lipinski definition) is 1. The van der Waals surface area contributed by atoms with E-state index in [1.807, 2.05) is 26.0 Å². The van der Waals surface area contributed by atoms with Gasteiger partial charge in [-0.05, 0) is 57.1 Å². The molecule has 128 valence electrons. The number of piperidine rings is 1. The Morgan fingerprint density at radius 1 is 1.46 bits per heavy atom. The summed E-state index contributed by atoms with van der Waals surface area (Å²) < 4.78 is 6.26. The first-order valence-electron chi connectivity index (χ1n) is 8.16. The standard InChI is InChI=1S/C17H21N3O2S2/c1-3-22-16(21)12-6-8-20(9-7-12)17(23)19-13-4-5-14-15(10-13)24-11(2)18-14/h4-5,10,12H,3,6-9H2,1-2H3,(H,19,23). The minimum absolute atomic E-state index is 0.000480. The van der Waals surface area contributed by atoms with Crippen molar-refractivity contribution in [2.45, 2.75) is 26.7 Å². The maximum atomic E-state index is 11.8. The lowest BCUT2D eigenvalue weighted by atomic mass is 9.97. The summed E-state index contributed by atoms with van der Waals surface area (Å²) in [4.78, 5) is 18.4. The van der Waals surface area contributed by atoms with Crippen molar-refractivity contribution in [2.24, 2.45) is 5.92 Å². The van der Waals surface area contributed by atoms with Crippen molar-refractivity contribution in [1.82, 2.24) is 9.88 Å². The first-order valence-corrected chi connectivity index (χ1v) is 9.39. The van der Waals surface area contributed by atoms with Gasteiger partial charge in [0.05, 0.1) is 27.7 Å². The zero-order valence-corrected chi connectivity index (χ0v) is 15.5. The number of esters is 1. The molecule has 0 bridgehead atoms. The van der Waals surface area contributed by atoms with E-state index in [9.17, 15) is 4.79 Å². The molecule has 3 rings (SSSR count). The van der Waals surface area contributed by atoms with Gasteiger partial charge in [0.15, 0.2) is 5.11 Å². The maximum absolute atomic E-state index is 11.8. The number of hydrogen-bond acceptors (Lipinski definition) is 5. The van der Waals surface area contributed by atoms with E-state index in [0.29, 0.717) is 11.7 Å². The van der Waals surface area contributed by atoms with Gasteiger partial charge in [-0.1, -0.05) is 0 Å². The first kappa shape index (κ1) is 17.1. The van der Waals surface area contributed by atoms with E-state index in [2.05, 4.69) is 21.3 Å². The Morgan fingerprint density at radius 3 is 2.92 bits per heavy atom. The van der Waals surface area contributed by atoms with Crippen LogP contribution in [0.2, 0.25) is 0 Å². The molecule has 0 saturated carbocycles. The van der Waals surface area contributed by atoms with Crippen LogP contribution in [0.25, 0.3) is 10.2 Å². The molecule has 1 aliphatic heterocycles. The van der Waals surface area contributed by atoms with Crippen molar-refractivity contribution in [1.29, 1.82) is 0 Å². The van der Waals surface area contributed by atoms with Gasteiger partial charge in [-0.15, -0.1) is 11.3 Å². The second-order valence-corrected chi connectivity index (χ2v) is 7.48. The third kappa shape index (κ3) is 3.84. The molecular formula is C17H21N3O2S2. The molecule has 1 N–H and O–H groups in total. The summed E-state index contributed by atoms with van der Waals surface area (Å²) in [6, 6.07) is 6.09. The molecule has 0 aliphatic carbocycles. The van der Waals surface area contributed by atoms with Gasteiger partial charge in [-0.25, -0.2) is 4.98 Å². The number of nitrogens with one attached hydrogen (secondary N) is 1. The summed E-state index contributed by atoms with van der Waals surface area (Å²) in [5, 5.41) is 5.07.